The first-order chi connectivity index (χ1) is 19.9. The number of ketones is 1. The van der Waals surface area contributed by atoms with Crippen LogP contribution in [0.15, 0.2) is 0 Å². The SMILES string of the molecule is C[Si](C)(CCCOC(CC(=O)O)(CC(=O)O)C(=O)O)O[Si](C)(C)O[Si](C)(C)CCCOC(CC(=O)O)(CC(=O)CO)C(=O)O. The van der Waals surface area contributed by atoms with Crippen LogP contribution in [0.5, 0.6) is 0 Å². The third kappa shape index (κ3) is 15.5. The lowest BCUT2D eigenvalue weighted by Crippen LogP contribution is -2.52. The number of carboxylic acid groups (broad SMARTS) is 5. The van der Waals surface area contributed by atoms with Crippen molar-refractivity contribution in [2.75, 3.05) is 19.8 Å². The van der Waals surface area contributed by atoms with Gasteiger partial charge in [-0.15, -0.1) is 0 Å². The summed E-state index contributed by atoms with van der Waals surface area (Å²) >= 11 is 0. The zero-order valence-electron chi connectivity index (χ0n) is 26.0. The van der Waals surface area contributed by atoms with Crippen LogP contribution in [0.4, 0.5) is 0 Å². The van der Waals surface area contributed by atoms with Gasteiger partial charge in [-0.05, 0) is 64.2 Å². The maximum atomic E-state index is 11.9. The Morgan fingerprint density at radius 1 is 0.568 bits per heavy atom. The first-order valence-electron chi connectivity index (χ1n) is 13.9. The predicted molar refractivity (Wildman–Crippen MR) is 160 cm³/mol. The molecule has 0 saturated carbocycles. The molecular weight excluding hydrogens is 641 g/mol. The summed E-state index contributed by atoms with van der Waals surface area (Å²) in [6.07, 6.45) is -3.18. The van der Waals surface area contributed by atoms with Crippen LogP contribution in [0.3, 0.4) is 0 Å². The summed E-state index contributed by atoms with van der Waals surface area (Å²) < 4.78 is 23.7. The van der Waals surface area contributed by atoms with Gasteiger partial charge in [0.25, 0.3) is 0 Å². The molecule has 254 valence electrons. The summed E-state index contributed by atoms with van der Waals surface area (Å²) in [5, 5.41) is 55.5. The molecule has 16 nitrogen and oxygen atoms in total. The molecule has 0 fully saturated rings. The number of aliphatic carboxylic acids is 5. The fraction of sp³-hybridized carbons (Fsp3) is 0.760. The van der Waals surface area contributed by atoms with Crippen molar-refractivity contribution in [2.24, 2.45) is 0 Å². The first-order valence-corrected chi connectivity index (χ1v) is 22.9. The predicted octanol–water partition coefficient (Wildman–Crippen LogP) is 1.97. The molecule has 0 bridgehead atoms. The molecule has 0 heterocycles. The number of aliphatic hydroxyl groups is 1. The van der Waals surface area contributed by atoms with Crippen LogP contribution in [-0.4, -0.2) is 122 Å². The third-order valence-electron chi connectivity index (χ3n) is 6.40. The van der Waals surface area contributed by atoms with Crippen LogP contribution in [0.25, 0.3) is 0 Å². The molecule has 0 aliphatic rings. The second-order valence-electron chi connectivity index (χ2n) is 12.2. The van der Waals surface area contributed by atoms with Crippen molar-refractivity contribution in [3.8, 4) is 0 Å². The minimum absolute atomic E-state index is 0.164. The average Bonchev–Trinajstić information content (AvgIpc) is 2.81. The fourth-order valence-corrected chi connectivity index (χ4v) is 18.8. The molecule has 0 aromatic carbocycles. The maximum Gasteiger partial charge on any atom is 0.337 e. The van der Waals surface area contributed by atoms with Gasteiger partial charge in [0, 0.05) is 19.6 Å². The number of aliphatic hydroxyl groups excluding tert-OH is 1. The monoisotopic (exact) mass is 686 g/mol. The molecule has 0 aliphatic heterocycles. The van der Waals surface area contributed by atoms with Gasteiger partial charge < -0.3 is 48.3 Å². The molecule has 0 amide bonds. The van der Waals surface area contributed by atoms with E-state index in [4.69, 9.17) is 38.1 Å². The quantitative estimate of drug-likeness (QED) is 0.0592. The van der Waals surface area contributed by atoms with E-state index in [1.54, 1.807) is 0 Å². The van der Waals surface area contributed by atoms with Crippen LogP contribution in [-0.2, 0) is 46.5 Å². The highest BCUT2D eigenvalue weighted by molar-refractivity contribution is 6.87. The highest BCUT2D eigenvalue weighted by Gasteiger charge is 2.46. The lowest BCUT2D eigenvalue weighted by atomic mass is 9.93. The number of hydrogen-bond donors (Lipinski definition) is 6. The van der Waals surface area contributed by atoms with E-state index in [0.717, 1.165) is 0 Å². The topological polar surface area (TPSA) is 261 Å². The minimum atomic E-state index is -2.75. The van der Waals surface area contributed by atoms with Gasteiger partial charge in [0.15, 0.2) is 33.6 Å². The second kappa shape index (κ2) is 17.2. The zero-order chi connectivity index (χ0) is 34.6. The van der Waals surface area contributed by atoms with E-state index >= 15 is 0 Å². The summed E-state index contributed by atoms with van der Waals surface area (Å²) in [5.74, 6) is -8.64. The first kappa shape index (κ1) is 41.5. The van der Waals surface area contributed by atoms with E-state index in [1.165, 1.54) is 0 Å². The Labute approximate surface area is 258 Å². The Bertz CT molecular complexity index is 1030. The number of ether oxygens (including phenoxy) is 2. The van der Waals surface area contributed by atoms with Crippen LogP contribution in [0.1, 0.15) is 38.5 Å². The van der Waals surface area contributed by atoms with Gasteiger partial charge in [-0.2, -0.15) is 0 Å². The van der Waals surface area contributed by atoms with Crippen LogP contribution in [0, 0.1) is 0 Å². The molecule has 19 heteroatoms. The Hall–Kier alpha value is -2.53. The summed E-state index contributed by atoms with van der Waals surface area (Å²) in [6.45, 7) is 10.1. The number of carboxylic acids is 5. The van der Waals surface area contributed by atoms with E-state index in [0.29, 0.717) is 18.5 Å². The van der Waals surface area contributed by atoms with E-state index in [1.807, 2.05) is 39.3 Å². The Morgan fingerprint density at radius 2 is 0.886 bits per heavy atom. The van der Waals surface area contributed by atoms with Crippen molar-refractivity contribution in [2.45, 2.75) is 101 Å². The maximum absolute atomic E-state index is 11.9. The van der Waals surface area contributed by atoms with Crippen LogP contribution in [0.2, 0.25) is 51.4 Å². The molecule has 0 saturated heterocycles. The second-order valence-corrected chi connectivity index (χ2v) is 24.7. The van der Waals surface area contributed by atoms with Gasteiger partial charge in [0.1, 0.15) is 6.61 Å². The van der Waals surface area contributed by atoms with Crippen molar-refractivity contribution in [3.63, 3.8) is 0 Å². The smallest absolute Gasteiger partial charge is 0.337 e. The Kier molecular flexibility index (Phi) is 16.3. The van der Waals surface area contributed by atoms with Crippen molar-refractivity contribution in [1.29, 1.82) is 0 Å². The van der Waals surface area contributed by atoms with Crippen molar-refractivity contribution in [1.82, 2.24) is 0 Å². The number of rotatable bonds is 25. The van der Waals surface area contributed by atoms with Gasteiger partial charge in [0.05, 0.1) is 19.3 Å². The number of carbonyl (C=O) groups excluding carboxylic acids is 1. The molecule has 0 spiro atoms. The van der Waals surface area contributed by atoms with E-state index < -0.39 is 104 Å². The molecule has 0 rings (SSSR count). The number of carbonyl (C=O) groups is 6. The largest absolute Gasteiger partial charge is 0.481 e. The van der Waals surface area contributed by atoms with Crippen molar-refractivity contribution in [3.05, 3.63) is 0 Å². The molecule has 1 unspecified atom stereocenters. The molecule has 1 atom stereocenters. The molecule has 0 aromatic rings. The van der Waals surface area contributed by atoms with E-state index in [2.05, 4.69) is 0 Å². The van der Waals surface area contributed by atoms with E-state index in [-0.39, 0.29) is 19.6 Å². The zero-order valence-corrected chi connectivity index (χ0v) is 29.0. The van der Waals surface area contributed by atoms with Gasteiger partial charge in [-0.3, -0.25) is 19.2 Å². The minimum Gasteiger partial charge on any atom is -0.481 e. The lowest BCUT2D eigenvalue weighted by Gasteiger charge is -2.39. The van der Waals surface area contributed by atoms with E-state index in [9.17, 15) is 39.0 Å². The number of Topliss-reactive ketones (excluding diaryl/α,β-unsaturated/α-hetero) is 1. The van der Waals surface area contributed by atoms with Crippen molar-refractivity contribution >= 4 is 60.8 Å². The Balaban J connectivity index is 5.18. The molecule has 44 heavy (non-hydrogen) atoms. The molecule has 0 aromatic heterocycles. The van der Waals surface area contributed by atoms with Gasteiger partial charge in [-0.25, -0.2) is 9.59 Å². The van der Waals surface area contributed by atoms with Gasteiger partial charge >= 0.3 is 38.4 Å². The molecular formula is C25H46O16Si3. The standard InChI is InChI=1S/C25H46O16Si3/c1-42(2,11-7-9-38-24(22(34)35,14-19(28)29)13-18(27)17-26)40-44(5,6)41-43(3,4)12-8-10-39-25(23(36)37,15-20(30)31)16-21(32)33/h26H,7-17H2,1-6H3,(H,28,29)(H,30,31)(H,32,33)(H,34,35)(H,36,37). The summed E-state index contributed by atoms with van der Waals surface area (Å²) in [7, 11) is -7.62. The van der Waals surface area contributed by atoms with Crippen molar-refractivity contribution < 1.29 is 77.1 Å². The number of hydrogen-bond acceptors (Lipinski definition) is 11. The highest BCUT2D eigenvalue weighted by atomic mass is 28.5. The fourth-order valence-electron chi connectivity index (χ4n) is 4.85. The summed E-state index contributed by atoms with van der Waals surface area (Å²) in [4.78, 5) is 68.9. The summed E-state index contributed by atoms with van der Waals surface area (Å²) in [6, 6.07) is 0.968. The third-order valence-corrected chi connectivity index (χ3v) is 17.9. The molecule has 6 N–H and O–H groups in total. The van der Waals surface area contributed by atoms with Gasteiger partial charge in [0.2, 0.25) is 0 Å². The highest BCUT2D eigenvalue weighted by Crippen LogP contribution is 2.29. The molecule has 0 aliphatic carbocycles. The average molecular weight is 687 g/mol. The molecule has 0 radical (unpaired) electrons. The Morgan fingerprint density at radius 3 is 1.16 bits per heavy atom. The van der Waals surface area contributed by atoms with Gasteiger partial charge in [-0.1, -0.05) is 0 Å². The summed E-state index contributed by atoms with van der Waals surface area (Å²) in [5.41, 5.74) is -4.70. The van der Waals surface area contributed by atoms with Crippen LogP contribution >= 0.6 is 0 Å². The lowest BCUT2D eigenvalue weighted by molar-refractivity contribution is -0.178. The normalized spacial score (nSPS) is 14.1. The van der Waals surface area contributed by atoms with Crippen LogP contribution < -0.4 is 0 Å².